The Hall–Kier alpha value is -3.21. The van der Waals surface area contributed by atoms with Crippen molar-refractivity contribution < 1.29 is 33.1 Å². The molecule has 3 rings (SSSR count). The molecule has 1 heterocycles. The molecule has 0 radical (unpaired) electrons. The van der Waals surface area contributed by atoms with Gasteiger partial charge < -0.3 is 20.7 Å². The number of ketones is 1. The van der Waals surface area contributed by atoms with E-state index in [0.29, 0.717) is 6.42 Å². The molecule has 1 aliphatic carbocycles. The zero-order valence-corrected chi connectivity index (χ0v) is 18.8. The van der Waals surface area contributed by atoms with E-state index >= 15 is 0 Å². The zero-order chi connectivity index (χ0) is 24.3. The first-order valence-electron chi connectivity index (χ1n) is 10.4. The molecule has 0 spiro atoms. The first-order valence-corrected chi connectivity index (χ1v) is 10.8. The fourth-order valence-corrected chi connectivity index (χ4v) is 3.67. The summed E-state index contributed by atoms with van der Waals surface area (Å²) in [5, 5.41) is 9.31. The molecule has 4 N–H and O–H groups in total. The van der Waals surface area contributed by atoms with Gasteiger partial charge in [0.15, 0.2) is 0 Å². The molecule has 3 atom stereocenters. The normalized spacial score (nSPS) is 20.4. The lowest BCUT2D eigenvalue weighted by Gasteiger charge is -2.20. The zero-order valence-electron chi connectivity index (χ0n) is 18.0. The summed E-state index contributed by atoms with van der Waals surface area (Å²) in [7, 11) is 1.26. The molecule has 2 aliphatic rings. The Labute approximate surface area is 193 Å². The number of hydrogen-bond acceptors (Lipinski definition) is 6. The lowest BCUT2D eigenvalue weighted by molar-refractivity contribution is -0.139. The van der Waals surface area contributed by atoms with Crippen LogP contribution in [-0.2, 0) is 19.1 Å². The highest BCUT2D eigenvalue weighted by atomic mass is 35.5. The van der Waals surface area contributed by atoms with Crippen LogP contribution in [0.25, 0.3) is 0 Å². The second-order valence-electron chi connectivity index (χ2n) is 8.09. The van der Waals surface area contributed by atoms with Crippen LogP contribution in [0.15, 0.2) is 12.1 Å². The predicted molar refractivity (Wildman–Crippen MR) is 115 cm³/mol. The third kappa shape index (κ3) is 6.19. The molecule has 1 aromatic rings. The number of hydrogen-bond donors (Lipinski definition) is 4. The van der Waals surface area contributed by atoms with Gasteiger partial charge in [-0.05, 0) is 44.7 Å². The number of amides is 4. The van der Waals surface area contributed by atoms with E-state index in [4.69, 9.17) is 16.3 Å². The molecule has 4 amide bonds. The highest BCUT2D eigenvalue weighted by molar-refractivity contribution is 6.38. The van der Waals surface area contributed by atoms with Gasteiger partial charge in [0.1, 0.15) is 11.9 Å². The molecule has 0 unspecified atom stereocenters. The molecule has 0 aromatic heterocycles. The van der Waals surface area contributed by atoms with Crippen molar-refractivity contribution in [3.8, 4) is 0 Å². The molecule has 1 aliphatic heterocycles. The van der Waals surface area contributed by atoms with Gasteiger partial charge in [-0.3, -0.25) is 24.5 Å². The minimum atomic E-state index is -1.36. The molecule has 12 heteroatoms. The molecular formula is C21H24ClFN4O6. The maximum atomic E-state index is 14.1. The van der Waals surface area contributed by atoms with Crippen LogP contribution in [-0.4, -0.2) is 54.8 Å². The van der Waals surface area contributed by atoms with Crippen molar-refractivity contribution >= 4 is 46.9 Å². The average molecular weight is 483 g/mol. The lowest BCUT2D eigenvalue weighted by atomic mass is 9.93. The van der Waals surface area contributed by atoms with E-state index in [0.717, 1.165) is 25.0 Å². The number of halogens is 2. The molecule has 0 bridgehead atoms. The van der Waals surface area contributed by atoms with Crippen LogP contribution in [0, 0.1) is 11.7 Å². The monoisotopic (exact) mass is 482 g/mol. The Morgan fingerprint density at radius 2 is 1.97 bits per heavy atom. The van der Waals surface area contributed by atoms with E-state index < -0.39 is 41.5 Å². The Morgan fingerprint density at radius 1 is 1.27 bits per heavy atom. The van der Waals surface area contributed by atoms with Crippen molar-refractivity contribution in [2.45, 2.75) is 50.8 Å². The maximum Gasteiger partial charge on any atom is 0.411 e. The van der Waals surface area contributed by atoms with Gasteiger partial charge in [-0.25, -0.2) is 9.18 Å². The van der Waals surface area contributed by atoms with E-state index in [1.165, 1.54) is 7.05 Å². The molecule has 33 heavy (non-hydrogen) atoms. The quantitative estimate of drug-likeness (QED) is 0.414. The van der Waals surface area contributed by atoms with Crippen LogP contribution in [0.3, 0.4) is 0 Å². The summed E-state index contributed by atoms with van der Waals surface area (Å²) >= 11 is 5.80. The fourth-order valence-electron chi connectivity index (χ4n) is 3.50. The van der Waals surface area contributed by atoms with Crippen LogP contribution in [0.2, 0.25) is 5.02 Å². The van der Waals surface area contributed by atoms with Crippen LogP contribution in [0.5, 0.6) is 0 Å². The molecule has 2 fully saturated rings. The summed E-state index contributed by atoms with van der Waals surface area (Å²) in [6, 6.07) is 0.369. The lowest BCUT2D eigenvalue weighted by Crippen LogP contribution is -2.48. The van der Waals surface area contributed by atoms with Crippen molar-refractivity contribution in [1.82, 2.24) is 16.0 Å². The summed E-state index contributed by atoms with van der Waals surface area (Å²) in [5.41, 5.74) is -0.466. The molecule has 178 valence electrons. The number of nitrogens with one attached hydrogen (secondary N) is 4. The van der Waals surface area contributed by atoms with Crippen molar-refractivity contribution in [2.24, 2.45) is 5.92 Å². The second kappa shape index (κ2) is 10.2. The number of carbonyl (C=O) groups is 5. The van der Waals surface area contributed by atoms with Crippen molar-refractivity contribution in [3.63, 3.8) is 0 Å². The van der Waals surface area contributed by atoms with Gasteiger partial charge in [0.25, 0.3) is 11.8 Å². The summed E-state index contributed by atoms with van der Waals surface area (Å²) in [5.74, 6) is -4.70. The summed E-state index contributed by atoms with van der Waals surface area (Å²) in [4.78, 5) is 61.7. The Balaban J connectivity index is 1.83. The molecule has 10 nitrogen and oxygen atoms in total. The topological polar surface area (TPSA) is 143 Å². The van der Waals surface area contributed by atoms with Gasteiger partial charge in [-0.15, -0.1) is 0 Å². The highest BCUT2D eigenvalue weighted by Crippen LogP contribution is 2.28. The predicted octanol–water partition coefficient (Wildman–Crippen LogP) is 1.52. The van der Waals surface area contributed by atoms with E-state index in [1.807, 2.05) is 0 Å². The van der Waals surface area contributed by atoms with Crippen molar-refractivity contribution in [1.29, 1.82) is 0 Å². The number of Topliss-reactive ketones (excluding diaryl/α,β-unsaturated/α-hetero) is 1. The van der Waals surface area contributed by atoms with Crippen molar-refractivity contribution in [3.05, 3.63) is 28.5 Å². The van der Waals surface area contributed by atoms with Crippen LogP contribution >= 0.6 is 11.6 Å². The Kier molecular flexibility index (Phi) is 7.52. The summed E-state index contributed by atoms with van der Waals surface area (Å²) in [6.07, 6.45) is 0.679. The van der Waals surface area contributed by atoms with Gasteiger partial charge in [0, 0.05) is 19.0 Å². The SMILES string of the molecule is CNC(=O)C(=O)[C@H](C[C@@H]1C[C@@H](C)NC1=O)NC(=O)c1cc(F)c(Cl)cc1NC(=O)OC1CC1. The average Bonchev–Trinajstić information content (AvgIpc) is 3.51. The van der Waals surface area contributed by atoms with Crippen molar-refractivity contribution in [2.75, 3.05) is 12.4 Å². The van der Waals surface area contributed by atoms with Gasteiger partial charge in [0.05, 0.1) is 22.3 Å². The number of carbonyl (C=O) groups excluding carboxylic acids is 5. The molecule has 1 aromatic carbocycles. The number of rotatable bonds is 8. The number of benzene rings is 1. The Bertz CT molecular complexity index is 999. The van der Waals surface area contributed by atoms with Gasteiger partial charge in [-0.2, -0.15) is 0 Å². The minimum absolute atomic E-state index is 0.118. The van der Waals surface area contributed by atoms with Gasteiger partial charge >= 0.3 is 6.09 Å². The van der Waals surface area contributed by atoms with Crippen LogP contribution in [0.1, 0.15) is 43.0 Å². The summed E-state index contributed by atoms with van der Waals surface area (Å²) < 4.78 is 19.2. The van der Waals surface area contributed by atoms with E-state index in [-0.39, 0.29) is 40.7 Å². The summed E-state index contributed by atoms with van der Waals surface area (Å²) in [6.45, 7) is 1.79. The van der Waals surface area contributed by atoms with E-state index in [9.17, 15) is 28.4 Å². The Morgan fingerprint density at radius 3 is 2.55 bits per heavy atom. The smallest absolute Gasteiger partial charge is 0.411 e. The number of ether oxygens (including phenoxy) is 1. The first kappa shape index (κ1) is 24.4. The molecule has 1 saturated heterocycles. The number of anilines is 1. The second-order valence-corrected chi connectivity index (χ2v) is 8.50. The standard InChI is InChI=1S/C21H24ClFN4O6/c1-9-5-10(18(29)25-9)6-16(17(28)20(31)24-2)26-19(30)12-7-14(23)13(22)8-15(12)27-21(32)33-11-3-4-11/h7-11,16H,3-6H2,1-2H3,(H,24,31)(H,25,29)(H,26,30)(H,27,32)/t9-,10+,16+/m1/s1. The molecular weight excluding hydrogens is 459 g/mol. The number of likely N-dealkylation sites (N-methyl/N-ethyl adjacent to an activating group) is 1. The molecule has 1 saturated carbocycles. The van der Waals surface area contributed by atoms with Gasteiger partial charge in [-0.1, -0.05) is 11.6 Å². The van der Waals surface area contributed by atoms with Gasteiger partial charge in [0.2, 0.25) is 11.7 Å². The van der Waals surface area contributed by atoms with E-state index in [2.05, 4.69) is 21.3 Å². The third-order valence-electron chi connectivity index (χ3n) is 5.33. The minimum Gasteiger partial charge on any atom is -0.446 e. The first-order chi connectivity index (χ1) is 15.6. The largest absolute Gasteiger partial charge is 0.446 e. The van der Waals surface area contributed by atoms with Crippen LogP contribution < -0.4 is 21.3 Å². The van der Waals surface area contributed by atoms with Crippen LogP contribution in [0.4, 0.5) is 14.9 Å². The maximum absolute atomic E-state index is 14.1. The highest BCUT2D eigenvalue weighted by Gasteiger charge is 2.36. The third-order valence-corrected chi connectivity index (χ3v) is 5.62. The fraction of sp³-hybridized carbons (Fsp3) is 0.476. The van der Waals surface area contributed by atoms with E-state index in [1.54, 1.807) is 6.92 Å².